The van der Waals surface area contributed by atoms with Crippen molar-refractivity contribution in [2.75, 3.05) is 11.9 Å². The van der Waals surface area contributed by atoms with Gasteiger partial charge < -0.3 is 10.1 Å². The molecule has 2 aromatic rings. The van der Waals surface area contributed by atoms with Crippen molar-refractivity contribution < 1.29 is 22.3 Å². The molecule has 0 aliphatic heterocycles. The van der Waals surface area contributed by atoms with Crippen LogP contribution in [0.1, 0.15) is 37.7 Å². The van der Waals surface area contributed by atoms with Gasteiger partial charge in [0, 0.05) is 11.7 Å². The van der Waals surface area contributed by atoms with E-state index in [-0.39, 0.29) is 23.4 Å². The first kappa shape index (κ1) is 21.3. The van der Waals surface area contributed by atoms with Crippen molar-refractivity contribution in [3.63, 3.8) is 0 Å². The highest BCUT2D eigenvalue weighted by molar-refractivity contribution is 7.89. The molecule has 1 amide bonds. The fourth-order valence-corrected chi connectivity index (χ4v) is 4.72. The van der Waals surface area contributed by atoms with Crippen LogP contribution >= 0.6 is 0 Å². The van der Waals surface area contributed by atoms with Crippen molar-refractivity contribution in [3.8, 4) is 5.75 Å². The summed E-state index contributed by atoms with van der Waals surface area (Å²) in [6, 6.07) is 9.97. The molecule has 29 heavy (non-hydrogen) atoms. The topological polar surface area (TPSA) is 84.5 Å². The Kier molecular flexibility index (Phi) is 6.87. The van der Waals surface area contributed by atoms with Crippen LogP contribution in [0.2, 0.25) is 0 Å². The highest BCUT2D eigenvalue weighted by atomic mass is 32.2. The zero-order chi connectivity index (χ0) is 20.9. The summed E-state index contributed by atoms with van der Waals surface area (Å²) in [6.07, 6.45) is 4.96. The summed E-state index contributed by atoms with van der Waals surface area (Å²) in [7, 11) is -3.59. The number of ether oxygens (including phenoxy) is 1. The summed E-state index contributed by atoms with van der Waals surface area (Å²) >= 11 is 0. The number of nitrogens with one attached hydrogen (secondary N) is 2. The fourth-order valence-electron chi connectivity index (χ4n) is 3.33. The van der Waals surface area contributed by atoms with Crippen molar-refractivity contribution in [2.45, 2.75) is 50.0 Å². The van der Waals surface area contributed by atoms with Gasteiger partial charge in [0.15, 0.2) is 6.61 Å². The van der Waals surface area contributed by atoms with E-state index in [0.29, 0.717) is 17.0 Å². The third kappa shape index (κ3) is 6.01. The molecule has 1 aliphatic carbocycles. The van der Waals surface area contributed by atoms with Gasteiger partial charge >= 0.3 is 0 Å². The van der Waals surface area contributed by atoms with Gasteiger partial charge in [0.2, 0.25) is 10.0 Å². The Morgan fingerprint density at radius 3 is 2.45 bits per heavy atom. The monoisotopic (exact) mass is 420 g/mol. The van der Waals surface area contributed by atoms with Crippen LogP contribution in [0.25, 0.3) is 0 Å². The molecule has 1 aliphatic rings. The third-order valence-corrected chi connectivity index (χ3v) is 6.39. The summed E-state index contributed by atoms with van der Waals surface area (Å²) in [5.74, 6) is -0.356. The number of rotatable bonds is 7. The first-order valence-electron chi connectivity index (χ1n) is 9.65. The van der Waals surface area contributed by atoms with Crippen molar-refractivity contribution in [3.05, 3.63) is 53.8 Å². The number of hydrogen-bond donors (Lipinski definition) is 2. The standard InChI is InChI=1S/C21H25FN2O4S/c1-15-13-19(29(26,27)24-18-5-3-2-4-6-18)11-12-20(15)28-14-21(25)23-17-9-7-16(22)8-10-17/h7-13,18,24H,2-6,14H2,1H3,(H,23,25). The van der Waals surface area contributed by atoms with Gasteiger partial charge in [-0.3, -0.25) is 4.79 Å². The van der Waals surface area contributed by atoms with Crippen LogP contribution < -0.4 is 14.8 Å². The van der Waals surface area contributed by atoms with Gasteiger partial charge in [-0.05, 0) is 67.8 Å². The molecule has 0 bridgehead atoms. The number of halogens is 1. The lowest BCUT2D eigenvalue weighted by Crippen LogP contribution is -2.36. The second kappa shape index (κ2) is 9.37. The van der Waals surface area contributed by atoms with Gasteiger partial charge in [-0.1, -0.05) is 19.3 Å². The first-order chi connectivity index (χ1) is 13.8. The molecule has 0 aromatic heterocycles. The largest absolute Gasteiger partial charge is 0.483 e. The van der Waals surface area contributed by atoms with Gasteiger partial charge in [-0.15, -0.1) is 0 Å². The van der Waals surface area contributed by atoms with E-state index in [0.717, 1.165) is 32.1 Å². The average molecular weight is 421 g/mol. The zero-order valence-corrected chi connectivity index (χ0v) is 17.1. The van der Waals surface area contributed by atoms with E-state index in [4.69, 9.17) is 4.74 Å². The number of carbonyl (C=O) groups is 1. The molecule has 0 radical (unpaired) electrons. The molecule has 1 saturated carbocycles. The highest BCUT2D eigenvalue weighted by Gasteiger charge is 2.22. The third-order valence-electron chi connectivity index (χ3n) is 4.87. The van der Waals surface area contributed by atoms with Gasteiger partial charge in [-0.25, -0.2) is 17.5 Å². The summed E-state index contributed by atoms with van der Waals surface area (Å²) in [6.45, 7) is 1.48. The van der Waals surface area contributed by atoms with E-state index in [2.05, 4.69) is 10.0 Å². The predicted molar refractivity (Wildman–Crippen MR) is 109 cm³/mol. The van der Waals surface area contributed by atoms with Crippen LogP contribution in [0.3, 0.4) is 0 Å². The second-order valence-corrected chi connectivity index (χ2v) is 8.94. The number of amides is 1. The Morgan fingerprint density at radius 2 is 1.79 bits per heavy atom. The minimum absolute atomic E-state index is 0.0138. The summed E-state index contributed by atoms with van der Waals surface area (Å²) in [5, 5.41) is 2.60. The van der Waals surface area contributed by atoms with Gasteiger partial charge in [0.05, 0.1) is 4.90 Å². The van der Waals surface area contributed by atoms with Gasteiger partial charge in [0.1, 0.15) is 11.6 Å². The van der Waals surface area contributed by atoms with Crippen molar-refractivity contribution >= 4 is 21.6 Å². The molecule has 156 valence electrons. The number of anilines is 1. The number of aryl methyl sites for hydroxylation is 1. The van der Waals surface area contributed by atoms with E-state index in [9.17, 15) is 17.6 Å². The van der Waals surface area contributed by atoms with Crippen LogP contribution in [-0.4, -0.2) is 27.0 Å². The van der Waals surface area contributed by atoms with Crippen LogP contribution in [0.5, 0.6) is 5.75 Å². The molecule has 0 saturated heterocycles. The Balaban J connectivity index is 1.58. The molecule has 0 heterocycles. The predicted octanol–water partition coefficient (Wildman–Crippen LogP) is 3.76. The van der Waals surface area contributed by atoms with E-state index in [1.165, 1.54) is 30.3 Å². The summed E-state index contributed by atoms with van der Waals surface area (Å²) < 4.78 is 46.4. The maximum Gasteiger partial charge on any atom is 0.262 e. The summed E-state index contributed by atoms with van der Waals surface area (Å²) in [5.41, 5.74) is 1.08. The molecule has 3 rings (SSSR count). The highest BCUT2D eigenvalue weighted by Crippen LogP contribution is 2.24. The van der Waals surface area contributed by atoms with Crippen LogP contribution in [0, 0.1) is 12.7 Å². The number of carbonyl (C=O) groups excluding carboxylic acids is 1. The van der Waals surface area contributed by atoms with E-state index < -0.39 is 15.9 Å². The minimum Gasteiger partial charge on any atom is -0.483 e. The second-order valence-electron chi connectivity index (χ2n) is 7.23. The van der Waals surface area contributed by atoms with E-state index in [1.807, 2.05) is 0 Å². The lowest BCUT2D eigenvalue weighted by molar-refractivity contribution is -0.118. The Labute approximate surface area is 170 Å². The van der Waals surface area contributed by atoms with E-state index in [1.54, 1.807) is 19.1 Å². The Hall–Kier alpha value is -2.45. The molecule has 2 N–H and O–H groups in total. The maximum atomic E-state index is 12.9. The maximum absolute atomic E-state index is 12.9. The lowest BCUT2D eigenvalue weighted by atomic mass is 9.96. The lowest BCUT2D eigenvalue weighted by Gasteiger charge is -2.22. The molecule has 0 atom stereocenters. The van der Waals surface area contributed by atoms with E-state index >= 15 is 0 Å². The molecular formula is C21H25FN2O4S. The Morgan fingerprint density at radius 1 is 1.10 bits per heavy atom. The molecule has 2 aromatic carbocycles. The molecule has 0 unspecified atom stereocenters. The van der Waals surface area contributed by atoms with Crippen molar-refractivity contribution in [2.24, 2.45) is 0 Å². The summed E-state index contributed by atoms with van der Waals surface area (Å²) in [4.78, 5) is 12.2. The number of benzene rings is 2. The molecule has 8 heteroatoms. The fraction of sp³-hybridized carbons (Fsp3) is 0.381. The molecule has 0 spiro atoms. The van der Waals surface area contributed by atoms with Crippen molar-refractivity contribution in [1.29, 1.82) is 0 Å². The van der Waals surface area contributed by atoms with Crippen LogP contribution in [0.15, 0.2) is 47.4 Å². The Bertz CT molecular complexity index is 955. The van der Waals surface area contributed by atoms with Gasteiger partial charge in [-0.2, -0.15) is 0 Å². The minimum atomic E-state index is -3.59. The van der Waals surface area contributed by atoms with Crippen LogP contribution in [0.4, 0.5) is 10.1 Å². The zero-order valence-electron chi connectivity index (χ0n) is 16.3. The average Bonchev–Trinajstić information content (AvgIpc) is 2.69. The molecule has 1 fully saturated rings. The number of hydrogen-bond acceptors (Lipinski definition) is 4. The van der Waals surface area contributed by atoms with Crippen molar-refractivity contribution in [1.82, 2.24) is 4.72 Å². The number of sulfonamides is 1. The molecular weight excluding hydrogens is 395 g/mol. The first-order valence-corrected chi connectivity index (χ1v) is 11.1. The smallest absolute Gasteiger partial charge is 0.262 e. The van der Waals surface area contributed by atoms with Crippen LogP contribution in [-0.2, 0) is 14.8 Å². The quantitative estimate of drug-likeness (QED) is 0.714. The SMILES string of the molecule is Cc1cc(S(=O)(=O)NC2CCCCC2)ccc1OCC(=O)Nc1ccc(F)cc1. The molecule has 6 nitrogen and oxygen atoms in total. The normalized spacial score (nSPS) is 15.1. The van der Waals surface area contributed by atoms with Gasteiger partial charge in [0.25, 0.3) is 5.91 Å².